The smallest absolute Gasteiger partial charge is 0.408 e. The van der Waals surface area contributed by atoms with Gasteiger partial charge in [0.15, 0.2) is 0 Å². The number of hydrogen-bond donors (Lipinski definition) is 1. The summed E-state index contributed by atoms with van der Waals surface area (Å²) in [6, 6.07) is -0.743. The molecule has 42 heavy (non-hydrogen) atoms. The van der Waals surface area contributed by atoms with E-state index in [9.17, 15) is 19.2 Å². The number of carbonyl (C=O) groups excluding carboxylic acids is 4. The number of esters is 1. The second kappa shape index (κ2) is 13.5. The van der Waals surface area contributed by atoms with E-state index < -0.39 is 23.3 Å². The predicted molar refractivity (Wildman–Crippen MR) is 160 cm³/mol. The van der Waals surface area contributed by atoms with Crippen molar-refractivity contribution < 1.29 is 28.7 Å². The number of alkyl carbamates (subject to hydrolysis) is 1. The second-order valence-electron chi connectivity index (χ2n) is 15.1. The molecule has 4 fully saturated rings. The van der Waals surface area contributed by atoms with Crippen LogP contribution in [0, 0.1) is 17.8 Å². The second-order valence-corrected chi connectivity index (χ2v) is 15.1. The first-order chi connectivity index (χ1) is 19.7. The number of nitrogens with one attached hydrogen (secondary N) is 1. The lowest BCUT2D eigenvalue weighted by molar-refractivity contribution is -0.160. The van der Waals surface area contributed by atoms with E-state index in [-0.39, 0.29) is 54.0 Å². The molecule has 4 atom stereocenters. The van der Waals surface area contributed by atoms with Crippen molar-refractivity contribution >= 4 is 23.9 Å². The zero-order valence-corrected chi connectivity index (χ0v) is 26.9. The number of amides is 3. The fraction of sp³-hybridized carbons (Fsp3) is 0.879. The fourth-order valence-corrected chi connectivity index (χ4v) is 7.76. The van der Waals surface area contributed by atoms with E-state index >= 15 is 0 Å². The normalized spacial score (nSPS) is 25.5. The molecule has 2 saturated carbocycles. The van der Waals surface area contributed by atoms with E-state index in [0.29, 0.717) is 13.1 Å². The molecule has 0 unspecified atom stereocenters. The van der Waals surface area contributed by atoms with Gasteiger partial charge in [0.2, 0.25) is 11.8 Å². The van der Waals surface area contributed by atoms with E-state index in [1.54, 1.807) is 0 Å². The third-order valence-corrected chi connectivity index (χ3v) is 9.54. The number of fused-ring (bicyclic) bond motifs is 1. The van der Waals surface area contributed by atoms with Crippen molar-refractivity contribution in [1.82, 2.24) is 15.1 Å². The van der Waals surface area contributed by atoms with Crippen molar-refractivity contribution in [2.75, 3.05) is 13.1 Å². The molecule has 0 aromatic rings. The maximum absolute atomic E-state index is 14.2. The standard InChI is InChI=1S/C33H55N3O6/c1-32(2,3)41-27(37)21-24(22-13-9-7-10-14-22)29(38)35-19-17-26-25(35)18-20-36(26)30(39)28(23-15-11-8-12-16-23)34-31(40)42-33(4,5)6/h22-26,28H,7-21H2,1-6H3,(H,34,40)/t24-,25+,26+,28-/m0/s1. The van der Waals surface area contributed by atoms with Gasteiger partial charge in [-0.1, -0.05) is 38.5 Å². The lowest BCUT2D eigenvalue weighted by Crippen LogP contribution is -2.55. The lowest BCUT2D eigenvalue weighted by atomic mass is 9.77. The van der Waals surface area contributed by atoms with Crippen LogP contribution in [-0.2, 0) is 23.9 Å². The fourth-order valence-electron chi connectivity index (χ4n) is 7.76. The largest absolute Gasteiger partial charge is 0.460 e. The first kappa shape index (κ1) is 32.6. The number of nitrogens with zero attached hydrogens (tertiary/aromatic N) is 2. The molecule has 1 N–H and O–H groups in total. The molecule has 4 rings (SSSR count). The molecule has 238 valence electrons. The first-order valence-corrected chi connectivity index (χ1v) is 16.6. The van der Waals surface area contributed by atoms with Crippen LogP contribution in [0.25, 0.3) is 0 Å². The van der Waals surface area contributed by atoms with Gasteiger partial charge in [0.25, 0.3) is 0 Å². The third kappa shape index (κ3) is 8.40. The molecular formula is C33H55N3O6. The minimum Gasteiger partial charge on any atom is -0.460 e. The van der Waals surface area contributed by atoms with Crippen molar-refractivity contribution in [3.8, 4) is 0 Å². The van der Waals surface area contributed by atoms with E-state index in [1.807, 2.05) is 51.3 Å². The van der Waals surface area contributed by atoms with Crippen LogP contribution in [0.3, 0.4) is 0 Å². The maximum Gasteiger partial charge on any atom is 0.408 e. The van der Waals surface area contributed by atoms with Crippen molar-refractivity contribution in [2.45, 2.75) is 154 Å². The monoisotopic (exact) mass is 589 g/mol. The summed E-state index contributed by atoms with van der Waals surface area (Å²) in [5, 5.41) is 2.95. The zero-order valence-electron chi connectivity index (χ0n) is 26.9. The van der Waals surface area contributed by atoms with Gasteiger partial charge < -0.3 is 24.6 Å². The minimum absolute atomic E-state index is 0.0465. The molecular weight excluding hydrogens is 534 g/mol. The number of carbonyl (C=O) groups is 4. The molecule has 0 spiro atoms. The third-order valence-electron chi connectivity index (χ3n) is 9.54. The number of rotatable bonds is 7. The molecule has 9 nitrogen and oxygen atoms in total. The summed E-state index contributed by atoms with van der Waals surface area (Å²) in [5.74, 6) is -0.425. The summed E-state index contributed by atoms with van der Waals surface area (Å²) in [6.07, 6.45) is 11.4. The van der Waals surface area contributed by atoms with Crippen LogP contribution in [-0.4, -0.2) is 76.1 Å². The highest BCUT2D eigenvalue weighted by molar-refractivity contribution is 5.88. The first-order valence-electron chi connectivity index (χ1n) is 16.6. The minimum atomic E-state index is -0.649. The zero-order chi connectivity index (χ0) is 30.7. The van der Waals surface area contributed by atoms with Gasteiger partial charge in [-0.05, 0) is 91.9 Å². The Hall–Kier alpha value is -2.32. The van der Waals surface area contributed by atoms with Crippen molar-refractivity contribution in [2.24, 2.45) is 17.8 Å². The average Bonchev–Trinajstić information content (AvgIpc) is 3.51. The molecule has 2 aliphatic carbocycles. The molecule has 3 amide bonds. The molecule has 2 heterocycles. The Bertz CT molecular complexity index is 895. The number of likely N-dealkylation sites (tertiary alicyclic amines) is 2. The van der Waals surface area contributed by atoms with Crippen LogP contribution >= 0.6 is 0 Å². The van der Waals surface area contributed by atoms with Gasteiger partial charge >= 0.3 is 12.1 Å². The molecule has 4 aliphatic rings. The summed E-state index contributed by atoms with van der Waals surface area (Å²) in [4.78, 5) is 57.9. The number of ether oxygens (including phenoxy) is 2. The van der Waals surface area contributed by atoms with Crippen molar-refractivity contribution in [1.29, 1.82) is 0 Å². The van der Waals surface area contributed by atoms with Crippen LogP contribution < -0.4 is 5.32 Å². The SMILES string of the molecule is CC(C)(C)OC(=O)C[C@H](C(=O)N1CC[C@@H]2[C@H]1CCN2C(=O)[C@@H](NC(=O)OC(C)(C)C)C1CCCCC1)C1CCCCC1. The summed E-state index contributed by atoms with van der Waals surface area (Å²) < 4.78 is 11.2. The van der Waals surface area contributed by atoms with Crippen LogP contribution in [0.15, 0.2) is 0 Å². The Morgan fingerprint density at radius 3 is 1.64 bits per heavy atom. The highest BCUT2D eigenvalue weighted by Crippen LogP contribution is 2.39. The van der Waals surface area contributed by atoms with E-state index in [2.05, 4.69) is 5.32 Å². The topological polar surface area (TPSA) is 105 Å². The Balaban J connectivity index is 1.47. The van der Waals surface area contributed by atoms with Crippen molar-refractivity contribution in [3.05, 3.63) is 0 Å². The molecule has 0 radical (unpaired) electrons. The summed E-state index contributed by atoms with van der Waals surface area (Å²) in [7, 11) is 0. The van der Waals surface area contributed by atoms with Gasteiger partial charge in [0.05, 0.1) is 24.4 Å². The number of hydrogen-bond acceptors (Lipinski definition) is 6. The maximum atomic E-state index is 14.2. The molecule has 2 aliphatic heterocycles. The van der Waals surface area contributed by atoms with E-state index in [0.717, 1.165) is 70.6 Å². The van der Waals surface area contributed by atoms with Gasteiger partial charge in [-0.25, -0.2) is 4.79 Å². The van der Waals surface area contributed by atoms with E-state index in [1.165, 1.54) is 6.42 Å². The van der Waals surface area contributed by atoms with Gasteiger partial charge in [0, 0.05) is 13.1 Å². The Morgan fingerprint density at radius 2 is 1.14 bits per heavy atom. The van der Waals surface area contributed by atoms with Gasteiger partial charge in [-0.2, -0.15) is 0 Å². The van der Waals surface area contributed by atoms with Crippen LogP contribution in [0.1, 0.15) is 125 Å². The quantitative estimate of drug-likeness (QED) is 0.388. The van der Waals surface area contributed by atoms with Gasteiger partial charge in [-0.15, -0.1) is 0 Å². The Morgan fingerprint density at radius 1 is 0.667 bits per heavy atom. The van der Waals surface area contributed by atoms with Gasteiger partial charge in [0.1, 0.15) is 17.2 Å². The molecule has 9 heteroatoms. The predicted octanol–water partition coefficient (Wildman–Crippen LogP) is 5.59. The lowest BCUT2D eigenvalue weighted by Gasteiger charge is -2.35. The molecule has 2 saturated heterocycles. The van der Waals surface area contributed by atoms with Gasteiger partial charge in [-0.3, -0.25) is 14.4 Å². The Labute approximate surface area is 252 Å². The van der Waals surface area contributed by atoms with E-state index in [4.69, 9.17) is 9.47 Å². The highest BCUT2D eigenvalue weighted by Gasteiger charge is 2.50. The molecule has 0 aromatic heterocycles. The van der Waals surface area contributed by atoms with Crippen LogP contribution in [0.4, 0.5) is 4.79 Å². The summed E-state index contributed by atoms with van der Waals surface area (Å²) >= 11 is 0. The summed E-state index contributed by atoms with van der Waals surface area (Å²) in [6.45, 7) is 12.2. The highest BCUT2D eigenvalue weighted by atomic mass is 16.6. The average molecular weight is 590 g/mol. The Kier molecular flexibility index (Phi) is 10.5. The molecule has 0 bridgehead atoms. The van der Waals surface area contributed by atoms with Crippen LogP contribution in [0.5, 0.6) is 0 Å². The van der Waals surface area contributed by atoms with Crippen LogP contribution in [0.2, 0.25) is 0 Å². The molecule has 0 aromatic carbocycles. The van der Waals surface area contributed by atoms with Crippen molar-refractivity contribution in [3.63, 3.8) is 0 Å². The summed E-state index contributed by atoms with van der Waals surface area (Å²) in [5.41, 5.74) is -1.24.